The fourth-order valence-electron chi connectivity index (χ4n) is 3.70. The third-order valence-electron chi connectivity index (χ3n) is 5.48. The Balaban J connectivity index is 1.43. The third kappa shape index (κ3) is 4.45. The van der Waals surface area contributed by atoms with E-state index < -0.39 is 9.84 Å². The van der Waals surface area contributed by atoms with Gasteiger partial charge in [-0.2, -0.15) is 0 Å². The highest BCUT2D eigenvalue weighted by atomic mass is 32.2. The van der Waals surface area contributed by atoms with Crippen LogP contribution in [0.4, 0.5) is 0 Å². The molecule has 0 spiro atoms. The van der Waals surface area contributed by atoms with Crippen molar-refractivity contribution in [1.82, 2.24) is 4.90 Å². The standard InChI is InChI=1S/C22H25NO4S/c24-22(13-14-28(25,26)19-9-5-2-6-10-19)23-15-20(17-7-3-1-4-8-17)27-21(16-23)18-11-12-18/h1-10,18,20-21H,11-16H2/t20-,21+/m0/s1. The Hall–Kier alpha value is -2.18. The quantitative estimate of drug-likeness (QED) is 0.748. The minimum Gasteiger partial charge on any atom is -0.366 e. The van der Waals surface area contributed by atoms with E-state index in [-0.39, 0.29) is 35.2 Å². The molecule has 2 aromatic carbocycles. The van der Waals surface area contributed by atoms with Crippen LogP contribution >= 0.6 is 0 Å². The lowest BCUT2D eigenvalue weighted by Crippen LogP contribution is -2.48. The van der Waals surface area contributed by atoms with E-state index in [1.54, 1.807) is 35.2 Å². The molecule has 2 aliphatic rings. The van der Waals surface area contributed by atoms with Crippen LogP contribution in [0, 0.1) is 5.92 Å². The predicted molar refractivity (Wildman–Crippen MR) is 106 cm³/mol. The average molecular weight is 400 g/mol. The number of nitrogens with zero attached hydrogens (tertiary/aromatic N) is 1. The number of amides is 1. The van der Waals surface area contributed by atoms with Gasteiger partial charge in [-0.1, -0.05) is 48.5 Å². The first-order valence-corrected chi connectivity index (χ1v) is 11.4. The molecule has 0 aromatic heterocycles. The van der Waals surface area contributed by atoms with Crippen molar-refractivity contribution in [3.05, 3.63) is 66.2 Å². The summed E-state index contributed by atoms with van der Waals surface area (Å²) < 4.78 is 31.3. The number of rotatable bonds is 6. The van der Waals surface area contributed by atoms with E-state index in [0.717, 1.165) is 18.4 Å². The first kappa shape index (κ1) is 19.2. The van der Waals surface area contributed by atoms with Gasteiger partial charge in [-0.15, -0.1) is 0 Å². The maximum Gasteiger partial charge on any atom is 0.223 e. The fourth-order valence-corrected chi connectivity index (χ4v) is 4.95. The molecule has 2 aromatic rings. The second-order valence-corrected chi connectivity index (χ2v) is 9.70. The number of sulfone groups is 1. The van der Waals surface area contributed by atoms with Gasteiger partial charge in [0.15, 0.2) is 9.84 Å². The number of hydrogen-bond acceptors (Lipinski definition) is 4. The molecule has 2 fully saturated rings. The maximum absolute atomic E-state index is 12.8. The SMILES string of the molecule is O=C(CCS(=O)(=O)c1ccccc1)N1C[C@@H](c2ccccc2)O[C@@H](C2CC2)C1. The predicted octanol–water partition coefficient (Wildman–Crippen LogP) is 3.23. The van der Waals surface area contributed by atoms with Gasteiger partial charge in [-0.05, 0) is 36.5 Å². The monoisotopic (exact) mass is 399 g/mol. The van der Waals surface area contributed by atoms with E-state index in [1.807, 2.05) is 30.3 Å². The summed E-state index contributed by atoms with van der Waals surface area (Å²) in [6.45, 7) is 1.02. The summed E-state index contributed by atoms with van der Waals surface area (Å²) in [5.41, 5.74) is 1.06. The van der Waals surface area contributed by atoms with E-state index >= 15 is 0 Å². The summed E-state index contributed by atoms with van der Waals surface area (Å²) in [5, 5.41) is 0. The van der Waals surface area contributed by atoms with Gasteiger partial charge in [0.2, 0.25) is 5.91 Å². The van der Waals surface area contributed by atoms with Crippen LogP contribution in [0.2, 0.25) is 0 Å². The van der Waals surface area contributed by atoms with Crippen molar-refractivity contribution in [3.8, 4) is 0 Å². The molecular weight excluding hydrogens is 374 g/mol. The van der Waals surface area contributed by atoms with E-state index in [9.17, 15) is 13.2 Å². The number of carbonyl (C=O) groups is 1. The van der Waals surface area contributed by atoms with Gasteiger partial charge in [0, 0.05) is 13.0 Å². The Morgan fingerprint density at radius 3 is 2.25 bits per heavy atom. The Labute approximate surface area is 166 Å². The number of morpholine rings is 1. The summed E-state index contributed by atoms with van der Waals surface area (Å²) >= 11 is 0. The first-order valence-electron chi connectivity index (χ1n) is 9.79. The van der Waals surface area contributed by atoms with Gasteiger partial charge in [-0.3, -0.25) is 4.79 Å². The van der Waals surface area contributed by atoms with Gasteiger partial charge < -0.3 is 9.64 Å². The van der Waals surface area contributed by atoms with E-state index in [1.165, 1.54) is 0 Å². The maximum atomic E-state index is 12.8. The zero-order chi connectivity index (χ0) is 19.6. The smallest absolute Gasteiger partial charge is 0.223 e. The molecule has 5 nitrogen and oxygen atoms in total. The Morgan fingerprint density at radius 2 is 1.61 bits per heavy atom. The molecule has 1 amide bonds. The van der Waals surface area contributed by atoms with Crippen LogP contribution in [0.3, 0.4) is 0 Å². The van der Waals surface area contributed by atoms with Gasteiger partial charge in [0.05, 0.1) is 23.3 Å². The van der Waals surface area contributed by atoms with Crippen LogP contribution in [-0.4, -0.2) is 44.2 Å². The Bertz CT molecular complexity index is 910. The molecule has 4 rings (SSSR count). The number of carbonyl (C=O) groups excluding carboxylic acids is 1. The lowest BCUT2D eigenvalue weighted by atomic mass is 10.0. The second-order valence-electron chi connectivity index (χ2n) is 7.59. The summed E-state index contributed by atoms with van der Waals surface area (Å²) in [6.07, 6.45) is 2.15. The molecule has 6 heteroatoms. The summed E-state index contributed by atoms with van der Waals surface area (Å²) in [7, 11) is -3.46. The molecule has 1 saturated carbocycles. The summed E-state index contributed by atoms with van der Waals surface area (Å²) in [6, 6.07) is 18.2. The van der Waals surface area contributed by atoms with Crippen molar-refractivity contribution in [1.29, 1.82) is 0 Å². The highest BCUT2D eigenvalue weighted by Crippen LogP contribution is 2.39. The molecule has 0 unspecified atom stereocenters. The molecule has 28 heavy (non-hydrogen) atoms. The number of ether oxygens (including phenoxy) is 1. The van der Waals surface area contributed by atoms with Gasteiger partial charge in [0.1, 0.15) is 6.10 Å². The molecule has 148 valence electrons. The second kappa shape index (κ2) is 8.05. The highest BCUT2D eigenvalue weighted by Gasteiger charge is 2.40. The van der Waals surface area contributed by atoms with Crippen molar-refractivity contribution in [2.24, 2.45) is 5.92 Å². The van der Waals surface area contributed by atoms with Gasteiger partial charge in [-0.25, -0.2) is 8.42 Å². The van der Waals surface area contributed by atoms with Crippen molar-refractivity contribution in [2.75, 3.05) is 18.8 Å². The van der Waals surface area contributed by atoms with Crippen molar-refractivity contribution < 1.29 is 17.9 Å². The number of benzene rings is 2. The average Bonchev–Trinajstić information content (AvgIpc) is 3.58. The van der Waals surface area contributed by atoms with Crippen LogP contribution in [0.1, 0.15) is 30.9 Å². The summed E-state index contributed by atoms with van der Waals surface area (Å²) in [5.74, 6) is 0.223. The van der Waals surface area contributed by atoms with Crippen molar-refractivity contribution in [3.63, 3.8) is 0 Å². The van der Waals surface area contributed by atoms with Gasteiger partial charge >= 0.3 is 0 Å². The first-order chi connectivity index (χ1) is 13.5. The van der Waals surface area contributed by atoms with Crippen molar-refractivity contribution in [2.45, 2.75) is 36.4 Å². The topological polar surface area (TPSA) is 63.7 Å². The van der Waals surface area contributed by atoms with Crippen LogP contribution in [0.15, 0.2) is 65.6 Å². The third-order valence-corrected chi connectivity index (χ3v) is 7.22. The van der Waals surface area contributed by atoms with E-state index in [0.29, 0.717) is 19.0 Å². The van der Waals surface area contributed by atoms with Crippen LogP contribution in [0.5, 0.6) is 0 Å². The Morgan fingerprint density at radius 1 is 0.964 bits per heavy atom. The molecule has 0 N–H and O–H groups in total. The normalized spacial score (nSPS) is 22.8. The lowest BCUT2D eigenvalue weighted by Gasteiger charge is -2.38. The largest absolute Gasteiger partial charge is 0.366 e. The van der Waals surface area contributed by atoms with Crippen LogP contribution in [-0.2, 0) is 19.4 Å². The number of hydrogen-bond donors (Lipinski definition) is 0. The zero-order valence-corrected chi connectivity index (χ0v) is 16.6. The van der Waals surface area contributed by atoms with Crippen LogP contribution in [0.25, 0.3) is 0 Å². The zero-order valence-electron chi connectivity index (χ0n) is 15.7. The minimum absolute atomic E-state index is 0.00385. The molecule has 1 saturated heterocycles. The molecular formula is C22H25NO4S. The van der Waals surface area contributed by atoms with E-state index in [4.69, 9.17) is 4.74 Å². The molecule has 0 bridgehead atoms. The minimum atomic E-state index is -3.46. The van der Waals surface area contributed by atoms with Gasteiger partial charge in [0.25, 0.3) is 0 Å². The molecule has 1 aliphatic carbocycles. The Kier molecular flexibility index (Phi) is 5.51. The fraction of sp³-hybridized carbons (Fsp3) is 0.409. The van der Waals surface area contributed by atoms with Crippen molar-refractivity contribution >= 4 is 15.7 Å². The molecule has 1 aliphatic heterocycles. The summed E-state index contributed by atoms with van der Waals surface area (Å²) in [4.78, 5) is 14.9. The van der Waals surface area contributed by atoms with Crippen LogP contribution < -0.4 is 0 Å². The van der Waals surface area contributed by atoms with E-state index in [2.05, 4.69) is 0 Å². The molecule has 2 atom stereocenters. The molecule has 1 heterocycles. The molecule has 0 radical (unpaired) electrons. The lowest BCUT2D eigenvalue weighted by molar-refractivity contribution is -0.147. The highest BCUT2D eigenvalue weighted by molar-refractivity contribution is 7.91.